The van der Waals surface area contributed by atoms with Crippen LogP contribution in [-0.2, 0) is 0 Å². The molecule has 79 heavy (non-hydrogen) atoms. The van der Waals surface area contributed by atoms with Crippen LogP contribution in [0.3, 0.4) is 0 Å². The summed E-state index contributed by atoms with van der Waals surface area (Å²) < 4.78 is 1.63. The number of hydrogen-bond acceptors (Lipinski definition) is 11. The van der Waals surface area contributed by atoms with E-state index in [1.54, 1.807) is 31.3 Å². The first-order valence-electron chi connectivity index (χ1n) is 25.6. The lowest BCUT2D eigenvalue weighted by Crippen LogP contribution is -2.16. The third-order valence-corrected chi connectivity index (χ3v) is 10.4. The average Bonchev–Trinajstić information content (AvgIpc) is 4.14. The zero-order valence-electron chi connectivity index (χ0n) is 48.9. The minimum absolute atomic E-state index is 0.00365. The van der Waals surface area contributed by atoms with Gasteiger partial charge in [-0.3, -0.25) is 30.3 Å². The molecule has 0 amide bonds. The monoisotopic (exact) mass is 1230 g/mol. The van der Waals surface area contributed by atoms with Crippen molar-refractivity contribution in [1.82, 2.24) is 9.97 Å². The number of benzene rings is 6. The normalized spacial score (nSPS) is 8.57. The minimum atomic E-state index is -1.45. The number of nitrogens with one attached hydrogen (secondary N) is 2. The van der Waals surface area contributed by atoms with Gasteiger partial charge in [0.05, 0.1) is 31.7 Å². The smallest absolute Gasteiger partial charge is 0.271 e. The van der Waals surface area contributed by atoms with Gasteiger partial charge in [-0.25, -0.2) is 0 Å². The number of rotatable bonds is 3. The fourth-order valence-electron chi connectivity index (χ4n) is 4.82. The number of nitro groups is 3. The maximum Gasteiger partial charge on any atom is 0.271 e. The molecule has 0 radical (unpaired) electrons. The van der Waals surface area contributed by atoms with E-state index >= 15 is 0 Å². The second-order valence-corrected chi connectivity index (χ2v) is 21.0. The Hall–Kier alpha value is -8.10. The average molecular weight is 1230 g/mol. The number of nitrogens with two attached hydrogens (primary N) is 5. The first-order valence-corrected chi connectivity index (χ1v) is 30.7. The number of nitrogen functional groups attached to an aromatic ring is 5. The number of nitro benzene ring substituents is 3. The number of halogens is 2. The van der Waals surface area contributed by atoms with Crippen LogP contribution in [0.15, 0.2) is 161 Å². The fraction of sp³-hybridized carbons (Fsp3) is 0.267. The molecule has 0 bridgehead atoms. The van der Waals surface area contributed by atoms with E-state index in [0.29, 0.717) is 21.4 Å². The molecule has 0 spiro atoms. The Morgan fingerprint density at radius 3 is 1.23 bits per heavy atom. The highest BCUT2D eigenvalue weighted by atomic mass is 79.9. The molecule has 0 aliphatic carbocycles. The molecule has 430 valence electrons. The van der Waals surface area contributed by atoms with E-state index in [2.05, 4.69) is 85.3 Å². The highest BCUT2D eigenvalue weighted by Gasteiger charge is 2.10. The molecule has 0 fully saturated rings. The van der Waals surface area contributed by atoms with Crippen molar-refractivity contribution in [3.05, 3.63) is 197 Å². The summed E-state index contributed by atoms with van der Waals surface area (Å²) in [5, 5.41) is 33.2. The Kier molecular flexibility index (Phi) is 49.9. The van der Waals surface area contributed by atoms with Gasteiger partial charge < -0.3 is 38.6 Å². The Morgan fingerprint density at radius 1 is 0.468 bits per heavy atom. The molecule has 0 unspecified atom stereocenters. The SMILES string of the molecule is C#CC.CC.CC.CC.CC.CC.CC.C[Si](C)(C)C#Cc1ccc([N+](=O)[O-])cc1N.Nc1cc([N+](=O)[O-])ccc1Br.Nc1ccc2cc[nH]c2c1.Nc1ccccc1.Nc1ccccc1Br.O=[N+]([O-])c1ccc2cc[nH]c2c1. The zero-order chi connectivity index (χ0) is 62.1. The molecule has 2 heterocycles. The van der Waals surface area contributed by atoms with E-state index in [9.17, 15) is 30.3 Å². The number of fused-ring (bicyclic) bond motifs is 2. The van der Waals surface area contributed by atoms with Gasteiger partial charge in [0.25, 0.3) is 17.1 Å². The molecule has 19 heteroatoms. The maximum atomic E-state index is 10.5. The number of hydrogen-bond donors (Lipinski definition) is 7. The summed E-state index contributed by atoms with van der Waals surface area (Å²) >= 11 is 6.40. The largest absolute Gasteiger partial charge is 0.399 e. The topological polar surface area (TPSA) is 291 Å². The number of anilines is 5. The number of non-ortho nitro benzene ring substituents is 3. The molecule has 0 aliphatic heterocycles. The number of para-hydroxylation sites is 2. The summed E-state index contributed by atoms with van der Waals surface area (Å²) in [4.78, 5) is 35.7. The quantitative estimate of drug-likeness (QED) is 0.0287. The second kappa shape index (κ2) is 49.5. The molecule has 8 rings (SSSR count). The van der Waals surface area contributed by atoms with E-state index in [-0.39, 0.29) is 17.1 Å². The molecule has 6 aromatic carbocycles. The molecule has 2 aromatic heterocycles. The molecule has 0 atom stereocenters. The minimum Gasteiger partial charge on any atom is -0.399 e. The lowest BCUT2D eigenvalue weighted by molar-refractivity contribution is -0.385. The third kappa shape index (κ3) is 37.3. The Labute approximate surface area is 488 Å². The van der Waals surface area contributed by atoms with E-state index in [1.165, 1.54) is 41.8 Å². The first kappa shape index (κ1) is 79.8. The van der Waals surface area contributed by atoms with Crippen LogP contribution in [0.2, 0.25) is 19.6 Å². The van der Waals surface area contributed by atoms with Crippen LogP contribution >= 0.6 is 31.9 Å². The number of H-pyrrole nitrogens is 2. The molecule has 0 saturated carbocycles. The van der Waals surface area contributed by atoms with Gasteiger partial charge in [-0.2, -0.15) is 0 Å². The molecule has 16 nitrogen and oxygen atoms in total. The van der Waals surface area contributed by atoms with E-state index in [4.69, 9.17) is 28.7 Å². The van der Waals surface area contributed by atoms with Crippen molar-refractivity contribution in [2.45, 2.75) is 110 Å². The lowest BCUT2D eigenvalue weighted by atomic mass is 10.2. The van der Waals surface area contributed by atoms with Gasteiger partial charge in [-0.05, 0) is 116 Å². The van der Waals surface area contributed by atoms with Gasteiger partial charge in [-0.1, -0.05) is 145 Å². The van der Waals surface area contributed by atoms with Crippen molar-refractivity contribution in [3.8, 4) is 23.8 Å². The zero-order valence-corrected chi connectivity index (χ0v) is 53.1. The van der Waals surface area contributed by atoms with E-state index in [1.807, 2.05) is 174 Å². The summed E-state index contributed by atoms with van der Waals surface area (Å²) in [6, 6.07) is 40.2. The van der Waals surface area contributed by atoms with Gasteiger partial charge in [-0.15, -0.1) is 17.9 Å². The summed E-state index contributed by atoms with van der Waals surface area (Å²) in [6.07, 6.45) is 8.26. The van der Waals surface area contributed by atoms with Crippen LogP contribution in [0, 0.1) is 54.2 Å². The summed E-state index contributed by atoms with van der Waals surface area (Å²) in [5.41, 5.74) is 36.5. The number of terminal acetylenes is 1. The van der Waals surface area contributed by atoms with Crippen molar-refractivity contribution in [3.63, 3.8) is 0 Å². The highest BCUT2D eigenvalue weighted by Crippen LogP contribution is 2.24. The van der Waals surface area contributed by atoms with Crippen LogP contribution < -0.4 is 28.7 Å². The summed E-state index contributed by atoms with van der Waals surface area (Å²) in [5.74, 6) is 5.23. The second-order valence-electron chi connectivity index (χ2n) is 14.5. The number of nitrogens with zero attached hydrogens (tertiary/aromatic N) is 3. The van der Waals surface area contributed by atoms with Crippen LogP contribution in [0.5, 0.6) is 0 Å². The highest BCUT2D eigenvalue weighted by molar-refractivity contribution is 9.11. The van der Waals surface area contributed by atoms with Crippen molar-refractivity contribution >= 4 is 107 Å². The van der Waals surface area contributed by atoms with Gasteiger partial charge in [0.15, 0.2) is 0 Å². The Balaban J connectivity index is -0.000000267. The molecule has 12 N–H and O–H groups in total. The maximum absolute atomic E-state index is 10.5. The fourth-order valence-corrected chi connectivity index (χ4v) is 5.86. The standard InChI is InChI=1S/C11H14N2O2Si.C8H6N2O2.C8H8N2.C6H5BrN2O2.C6H6BrN.C6H7N.C3H4.6C2H6/c1-16(2,3)7-6-9-4-5-10(13(14)15)8-11(9)12;11-10(12)7-2-1-6-3-4-9-8(6)5-7;9-7-2-1-6-3-4-10-8(6)5-7;7-5-2-1-4(9(10)11)3-6(5)8;7-5-3-1-2-4-6(5)8;7-6-4-2-1-3-5-6;1-3-2;6*1-2/h4-5,8H,12H2,1-3H3;1-5,9H;1-5,10H,9H2;1-3H,8H2;1-4H,8H2;1-5H,7H2;1H,2H3;6*1-2H3. The molecular formula is C60H86Br2N10O6Si. The van der Waals surface area contributed by atoms with Crippen LogP contribution in [0.4, 0.5) is 45.5 Å². The van der Waals surface area contributed by atoms with Crippen LogP contribution in [0.1, 0.15) is 95.6 Å². The van der Waals surface area contributed by atoms with Crippen LogP contribution in [-0.4, -0.2) is 32.8 Å². The number of aromatic nitrogens is 2. The number of aromatic amines is 2. The third-order valence-electron chi connectivity index (χ3n) is 8.04. The van der Waals surface area contributed by atoms with Crippen molar-refractivity contribution in [2.75, 3.05) is 28.7 Å². The molecular weight excluding hydrogens is 1140 g/mol. The first-order chi connectivity index (χ1) is 37.6. The summed E-state index contributed by atoms with van der Waals surface area (Å²) in [6.45, 7) is 32.0. The Morgan fingerprint density at radius 2 is 0.848 bits per heavy atom. The predicted molar refractivity (Wildman–Crippen MR) is 353 cm³/mol. The van der Waals surface area contributed by atoms with Gasteiger partial charge in [0.2, 0.25) is 0 Å². The predicted octanol–water partition coefficient (Wildman–Crippen LogP) is 18.3. The van der Waals surface area contributed by atoms with Crippen molar-refractivity contribution in [2.24, 2.45) is 0 Å². The van der Waals surface area contributed by atoms with Crippen LogP contribution in [0.25, 0.3) is 21.8 Å². The van der Waals surface area contributed by atoms with E-state index < -0.39 is 22.8 Å². The molecule has 0 aliphatic rings. The van der Waals surface area contributed by atoms with E-state index in [0.717, 1.165) is 38.0 Å². The molecule has 8 aromatic rings. The van der Waals surface area contributed by atoms with Gasteiger partial charge >= 0.3 is 0 Å². The summed E-state index contributed by atoms with van der Waals surface area (Å²) in [7, 11) is -1.45. The van der Waals surface area contributed by atoms with Gasteiger partial charge in [0.1, 0.15) is 8.07 Å². The molecule has 0 saturated heterocycles. The van der Waals surface area contributed by atoms with Gasteiger partial charge in [0, 0.05) is 85.9 Å². The Bertz CT molecular complexity index is 2960. The van der Waals surface area contributed by atoms with Crippen molar-refractivity contribution < 1.29 is 14.8 Å². The lowest BCUT2D eigenvalue weighted by Gasteiger charge is -2.04. The van der Waals surface area contributed by atoms with Crippen molar-refractivity contribution in [1.29, 1.82) is 0 Å².